The molecular weight excluding hydrogens is 489 g/mol. The zero-order valence-electron chi connectivity index (χ0n) is 21.0. The number of anilines is 2. The summed E-state index contributed by atoms with van der Waals surface area (Å²) in [6, 6.07) is 12.7. The first-order chi connectivity index (χ1) is 18.0. The molecule has 3 saturated heterocycles. The van der Waals surface area contributed by atoms with E-state index in [1.165, 1.54) is 0 Å². The highest BCUT2D eigenvalue weighted by Gasteiger charge is 2.36. The molecule has 2 bridgehead atoms. The van der Waals surface area contributed by atoms with Gasteiger partial charge in [0.15, 0.2) is 5.82 Å². The third kappa shape index (κ3) is 3.81. The van der Waals surface area contributed by atoms with Gasteiger partial charge in [0.25, 0.3) is 0 Å². The number of nitrogens with one attached hydrogen (secondary N) is 1. The fourth-order valence-electron chi connectivity index (χ4n) is 6.02. The average molecular weight is 518 g/mol. The number of likely N-dealkylation sites (N-methyl/N-ethyl adjacent to an activating group) is 1. The van der Waals surface area contributed by atoms with Crippen LogP contribution in [0.4, 0.5) is 16.2 Å². The summed E-state index contributed by atoms with van der Waals surface area (Å²) in [6.45, 7) is 3.33. The van der Waals surface area contributed by atoms with E-state index in [1.54, 1.807) is 6.20 Å². The van der Waals surface area contributed by atoms with E-state index in [2.05, 4.69) is 39.1 Å². The van der Waals surface area contributed by atoms with Gasteiger partial charge in [-0.2, -0.15) is 4.98 Å². The fourth-order valence-corrected chi connectivity index (χ4v) is 6.31. The Morgan fingerprint density at radius 3 is 2.49 bits per heavy atom. The number of benzene rings is 2. The zero-order valence-corrected chi connectivity index (χ0v) is 21.7. The Bertz CT molecular complexity index is 1500. The van der Waals surface area contributed by atoms with Crippen LogP contribution >= 0.6 is 11.6 Å². The van der Waals surface area contributed by atoms with Crippen molar-refractivity contribution in [2.75, 3.05) is 50.1 Å². The third-order valence-corrected chi connectivity index (χ3v) is 8.44. The number of fused-ring (bicyclic) bond motifs is 4. The first kappa shape index (κ1) is 23.1. The number of para-hydroxylation sites is 1. The normalized spacial score (nSPS) is 21.9. The molecule has 0 spiro atoms. The van der Waals surface area contributed by atoms with E-state index in [-0.39, 0.29) is 0 Å². The maximum Gasteiger partial charge on any atom is 0.228 e. The van der Waals surface area contributed by atoms with Gasteiger partial charge in [0.2, 0.25) is 5.95 Å². The van der Waals surface area contributed by atoms with Crippen LogP contribution in [0.5, 0.6) is 0 Å². The van der Waals surface area contributed by atoms with Crippen molar-refractivity contribution >= 4 is 45.2 Å². The predicted molar refractivity (Wildman–Crippen MR) is 147 cm³/mol. The number of nitrogens with zero attached hydrogens (tertiary/aromatic N) is 6. The summed E-state index contributed by atoms with van der Waals surface area (Å²) in [5, 5.41) is 5.62. The van der Waals surface area contributed by atoms with Crippen LogP contribution in [0.1, 0.15) is 12.8 Å². The lowest BCUT2D eigenvalue weighted by Crippen LogP contribution is -2.58. The van der Waals surface area contributed by atoms with E-state index in [4.69, 9.17) is 21.6 Å². The Balaban J connectivity index is 1.42. The van der Waals surface area contributed by atoms with Gasteiger partial charge in [0, 0.05) is 72.4 Å². The molecular formula is C28H29ClFN7. The second-order valence-corrected chi connectivity index (χ2v) is 11.1. The SMILES string of the molecule is CN(C)C1CN(c2nc(N3CC4CCC(C3)N4)c3cc(Cl)c(-c4cccc5cccnc45)c(F)c3n2)C1. The molecule has 2 atom stereocenters. The molecule has 7 rings (SSSR count). The molecule has 9 heteroatoms. The Kier molecular flexibility index (Phi) is 5.46. The average Bonchev–Trinajstić information content (AvgIpc) is 3.20. The molecule has 2 aromatic heterocycles. The standard InChI is InChI=1S/C28H29ClFN7/c1-35(2)19-14-37(15-19)28-33-26-21(27(34-28)36-12-17-8-9-18(13-36)32-17)11-22(29)23(24(26)30)20-7-3-5-16-6-4-10-31-25(16)20/h3-7,10-11,17-19,32H,8-9,12-15H2,1-2H3. The topological polar surface area (TPSA) is 60.4 Å². The van der Waals surface area contributed by atoms with Gasteiger partial charge in [0.1, 0.15) is 11.3 Å². The van der Waals surface area contributed by atoms with Crippen molar-refractivity contribution in [3.05, 3.63) is 53.4 Å². The van der Waals surface area contributed by atoms with Crippen LogP contribution in [0.25, 0.3) is 32.9 Å². The van der Waals surface area contributed by atoms with Crippen LogP contribution in [-0.4, -0.2) is 78.3 Å². The summed E-state index contributed by atoms with van der Waals surface area (Å²) in [4.78, 5) is 21.0. The van der Waals surface area contributed by atoms with Crippen LogP contribution in [-0.2, 0) is 0 Å². The van der Waals surface area contributed by atoms with Crippen LogP contribution in [0.15, 0.2) is 42.6 Å². The third-order valence-electron chi connectivity index (χ3n) is 8.14. The molecule has 4 aromatic rings. The molecule has 2 aromatic carbocycles. The van der Waals surface area contributed by atoms with E-state index in [0.717, 1.165) is 55.7 Å². The minimum atomic E-state index is -0.423. The molecule has 190 valence electrons. The van der Waals surface area contributed by atoms with E-state index >= 15 is 4.39 Å². The lowest BCUT2D eigenvalue weighted by molar-refractivity contribution is 0.245. The molecule has 37 heavy (non-hydrogen) atoms. The summed E-state index contributed by atoms with van der Waals surface area (Å²) in [7, 11) is 4.16. The number of hydrogen-bond acceptors (Lipinski definition) is 7. The number of rotatable bonds is 4. The Hall–Kier alpha value is -3.07. The highest BCUT2D eigenvalue weighted by molar-refractivity contribution is 6.35. The zero-order chi connectivity index (χ0) is 25.3. The van der Waals surface area contributed by atoms with Crippen LogP contribution in [0.2, 0.25) is 5.02 Å². The summed E-state index contributed by atoms with van der Waals surface area (Å²) in [6.07, 6.45) is 4.03. The first-order valence-electron chi connectivity index (χ1n) is 12.9. The minimum Gasteiger partial charge on any atom is -0.353 e. The van der Waals surface area contributed by atoms with Gasteiger partial charge in [-0.15, -0.1) is 0 Å². The molecule has 0 amide bonds. The molecule has 3 aliphatic rings. The molecule has 5 heterocycles. The Labute approximate surface area is 220 Å². The van der Waals surface area contributed by atoms with E-state index in [1.807, 2.05) is 36.4 Å². The largest absolute Gasteiger partial charge is 0.353 e. The number of hydrogen-bond donors (Lipinski definition) is 1. The van der Waals surface area contributed by atoms with Gasteiger partial charge in [-0.25, -0.2) is 9.37 Å². The molecule has 0 radical (unpaired) electrons. The van der Waals surface area contributed by atoms with Gasteiger partial charge in [-0.05, 0) is 39.1 Å². The van der Waals surface area contributed by atoms with Crippen molar-refractivity contribution in [1.82, 2.24) is 25.2 Å². The number of piperazine rings is 1. The summed E-state index contributed by atoms with van der Waals surface area (Å²) < 4.78 is 16.6. The Morgan fingerprint density at radius 2 is 1.73 bits per heavy atom. The smallest absolute Gasteiger partial charge is 0.228 e. The molecule has 2 unspecified atom stereocenters. The number of halogens is 2. The second kappa shape index (κ2) is 8.75. The summed E-state index contributed by atoms with van der Waals surface area (Å²) in [5.41, 5.74) is 2.03. The maximum absolute atomic E-state index is 16.6. The van der Waals surface area contributed by atoms with Crippen LogP contribution in [0, 0.1) is 5.82 Å². The highest BCUT2D eigenvalue weighted by atomic mass is 35.5. The quantitative estimate of drug-likeness (QED) is 0.432. The molecule has 0 aliphatic carbocycles. The van der Waals surface area contributed by atoms with Crippen molar-refractivity contribution in [1.29, 1.82) is 0 Å². The maximum atomic E-state index is 16.6. The van der Waals surface area contributed by atoms with E-state index in [0.29, 0.717) is 51.1 Å². The van der Waals surface area contributed by atoms with E-state index < -0.39 is 5.82 Å². The van der Waals surface area contributed by atoms with Crippen molar-refractivity contribution in [2.24, 2.45) is 0 Å². The lowest BCUT2D eigenvalue weighted by Gasteiger charge is -2.43. The minimum absolute atomic E-state index is 0.312. The summed E-state index contributed by atoms with van der Waals surface area (Å²) in [5.74, 6) is 0.929. The van der Waals surface area contributed by atoms with Crippen molar-refractivity contribution in [3.8, 4) is 11.1 Å². The predicted octanol–water partition coefficient (Wildman–Crippen LogP) is 4.33. The molecule has 1 N–H and O–H groups in total. The summed E-state index contributed by atoms with van der Waals surface area (Å²) >= 11 is 6.85. The van der Waals surface area contributed by atoms with Gasteiger partial charge in [-0.1, -0.05) is 35.9 Å². The van der Waals surface area contributed by atoms with Crippen molar-refractivity contribution in [3.63, 3.8) is 0 Å². The Morgan fingerprint density at radius 1 is 0.973 bits per heavy atom. The van der Waals surface area contributed by atoms with Gasteiger partial charge >= 0.3 is 0 Å². The van der Waals surface area contributed by atoms with Gasteiger partial charge in [-0.3, -0.25) is 4.98 Å². The van der Waals surface area contributed by atoms with Gasteiger partial charge in [0.05, 0.1) is 10.5 Å². The molecule has 3 fully saturated rings. The monoisotopic (exact) mass is 517 g/mol. The number of aromatic nitrogens is 3. The van der Waals surface area contributed by atoms with Gasteiger partial charge < -0.3 is 20.0 Å². The fraction of sp³-hybridized carbons (Fsp3) is 0.393. The van der Waals surface area contributed by atoms with Crippen molar-refractivity contribution in [2.45, 2.75) is 31.0 Å². The van der Waals surface area contributed by atoms with Crippen molar-refractivity contribution < 1.29 is 4.39 Å². The van der Waals surface area contributed by atoms with Crippen LogP contribution < -0.4 is 15.1 Å². The molecule has 0 saturated carbocycles. The molecule has 3 aliphatic heterocycles. The molecule has 7 nitrogen and oxygen atoms in total. The van der Waals surface area contributed by atoms with E-state index in [9.17, 15) is 0 Å². The number of pyridine rings is 1. The second-order valence-electron chi connectivity index (χ2n) is 10.7. The lowest BCUT2D eigenvalue weighted by atomic mass is 9.99. The van der Waals surface area contributed by atoms with Crippen LogP contribution in [0.3, 0.4) is 0 Å². The first-order valence-corrected chi connectivity index (χ1v) is 13.3. The highest BCUT2D eigenvalue weighted by Crippen LogP contribution is 2.41.